The van der Waals surface area contributed by atoms with Gasteiger partial charge in [-0.1, -0.05) is 6.92 Å². The van der Waals surface area contributed by atoms with Crippen molar-refractivity contribution in [3.8, 4) is 0 Å². The fourth-order valence-electron chi connectivity index (χ4n) is 0.408. The first-order valence-electron chi connectivity index (χ1n) is 2.56. The molecular formula is C5H11NO2. The standard InChI is InChI=1S/C5H11NO2/c1-4(3-7)2-5(6)8/h4,7H,2-3H2,1H3,(H2,6,8). The molecule has 0 bridgehead atoms. The molecule has 0 aliphatic carbocycles. The van der Waals surface area contributed by atoms with Crippen LogP contribution >= 0.6 is 0 Å². The minimum absolute atomic E-state index is 0.00694. The number of primary amides is 1. The van der Waals surface area contributed by atoms with E-state index in [1.807, 2.05) is 0 Å². The minimum atomic E-state index is -0.355. The molecule has 0 rings (SSSR count). The Labute approximate surface area is 48.5 Å². The number of hydrogen-bond donors (Lipinski definition) is 2. The predicted octanol–water partition coefficient (Wildman–Crippen LogP) is -0.510. The van der Waals surface area contributed by atoms with Crippen molar-refractivity contribution in [2.24, 2.45) is 11.7 Å². The minimum Gasteiger partial charge on any atom is -0.396 e. The van der Waals surface area contributed by atoms with E-state index in [0.717, 1.165) is 0 Å². The summed E-state index contributed by atoms with van der Waals surface area (Å²) < 4.78 is 0. The second kappa shape index (κ2) is 3.43. The second-order valence-corrected chi connectivity index (χ2v) is 1.96. The molecule has 0 aromatic carbocycles. The SMILES string of the molecule is CC(CO)CC(N)=O. The normalized spacial score (nSPS) is 13.2. The quantitative estimate of drug-likeness (QED) is 0.523. The number of nitrogens with two attached hydrogens (primary N) is 1. The van der Waals surface area contributed by atoms with Gasteiger partial charge in [0.2, 0.25) is 5.91 Å². The highest BCUT2D eigenvalue weighted by atomic mass is 16.3. The number of rotatable bonds is 3. The van der Waals surface area contributed by atoms with Crippen LogP contribution in [0.4, 0.5) is 0 Å². The Balaban J connectivity index is 3.24. The number of aliphatic hydroxyl groups is 1. The molecule has 3 nitrogen and oxygen atoms in total. The summed E-state index contributed by atoms with van der Waals surface area (Å²) >= 11 is 0. The third-order valence-electron chi connectivity index (χ3n) is 0.861. The molecule has 0 aliphatic heterocycles. The van der Waals surface area contributed by atoms with Crippen LogP contribution in [-0.2, 0) is 4.79 Å². The van der Waals surface area contributed by atoms with E-state index in [4.69, 9.17) is 10.8 Å². The van der Waals surface area contributed by atoms with Gasteiger partial charge in [-0.3, -0.25) is 4.79 Å². The topological polar surface area (TPSA) is 63.3 Å². The van der Waals surface area contributed by atoms with Crippen LogP contribution in [0, 0.1) is 5.92 Å². The maximum absolute atomic E-state index is 10.1. The van der Waals surface area contributed by atoms with E-state index in [1.54, 1.807) is 6.92 Å². The van der Waals surface area contributed by atoms with Gasteiger partial charge in [-0.15, -0.1) is 0 Å². The Morgan fingerprint density at radius 2 is 2.38 bits per heavy atom. The van der Waals surface area contributed by atoms with Gasteiger partial charge >= 0.3 is 0 Å². The third-order valence-corrected chi connectivity index (χ3v) is 0.861. The molecule has 0 radical (unpaired) electrons. The molecule has 0 spiro atoms. The molecule has 8 heavy (non-hydrogen) atoms. The number of carbonyl (C=O) groups is 1. The van der Waals surface area contributed by atoms with E-state index >= 15 is 0 Å². The summed E-state index contributed by atoms with van der Waals surface area (Å²) in [6.45, 7) is 1.80. The van der Waals surface area contributed by atoms with Gasteiger partial charge in [-0.05, 0) is 5.92 Å². The van der Waals surface area contributed by atoms with Gasteiger partial charge in [0.25, 0.3) is 0 Å². The molecule has 0 fully saturated rings. The van der Waals surface area contributed by atoms with E-state index in [-0.39, 0.29) is 24.9 Å². The molecule has 1 atom stereocenters. The summed E-state index contributed by atoms with van der Waals surface area (Å²) in [4.78, 5) is 10.1. The molecule has 0 saturated carbocycles. The fraction of sp³-hybridized carbons (Fsp3) is 0.800. The van der Waals surface area contributed by atoms with Crippen LogP contribution < -0.4 is 5.73 Å². The van der Waals surface area contributed by atoms with E-state index in [0.29, 0.717) is 0 Å². The summed E-state index contributed by atoms with van der Waals surface area (Å²) in [5, 5.41) is 8.38. The molecule has 0 aromatic heterocycles. The zero-order valence-electron chi connectivity index (χ0n) is 4.92. The van der Waals surface area contributed by atoms with Crippen molar-refractivity contribution >= 4 is 5.91 Å². The first kappa shape index (κ1) is 7.43. The first-order valence-corrected chi connectivity index (χ1v) is 2.56. The second-order valence-electron chi connectivity index (χ2n) is 1.96. The average Bonchev–Trinajstić information content (AvgIpc) is 1.65. The van der Waals surface area contributed by atoms with Crippen LogP contribution in [0.2, 0.25) is 0 Å². The van der Waals surface area contributed by atoms with Gasteiger partial charge in [-0.2, -0.15) is 0 Å². The summed E-state index contributed by atoms with van der Waals surface area (Å²) in [6, 6.07) is 0. The van der Waals surface area contributed by atoms with Crippen LogP contribution in [-0.4, -0.2) is 17.6 Å². The largest absolute Gasteiger partial charge is 0.396 e. The van der Waals surface area contributed by atoms with E-state index < -0.39 is 0 Å². The monoisotopic (exact) mass is 117 g/mol. The molecule has 0 aliphatic rings. The van der Waals surface area contributed by atoms with Crippen LogP contribution in [0.3, 0.4) is 0 Å². The predicted molar refractivity (Wildman–Crippen MR) is 30.1 cm³/mol. The lowest BCUT2D eigenvalue weighted by Crippen LogP contribution is -2.16. The number of hydrogen-bond acceptors (Lipinski definition) is 2. The van der Waals surface area contributed by atoms with Crippen molar-refractivity contribution in [1.82, 2.24) is 0 Å². The van der Waals surface area contributed by atoms with Crippen molar-refractivity contribution in [2.45, 2.75) is 13.3 Å². The van der Waals surface area contributed by atoms with E-state index in [2.05, 4.69) is 0 Å². The van der Waals surface area contributed by atoms with Crippen molar-refractivity contribution in [1.29, 1.82) is 0 Å². The van der Waals surface area contributed by atoms with Gasteiger partial charge < -0.3 is 10.8 Å². The number of aliphatic hydroxyl groups excluding tert-OH is 1. The fourth-order valence-corrected chi connectivity index (χ4v) is 0.408. The average molecular weight is 117 g/mol. The molecule has 1 amide bonds. The maximum Gasteiger partial charge on any atom is 0.217 e. The Hall–Kier alpha value is -0.570. The third kappa shape index (κ3) is 3.61. The number of amides is 1. The highest BCUT2D eigenvalue weighted by molar-refractivity contribution is 5.73. The molecule has 1 unspecified atom stereocenters. The van der Waals surface area contributed by atoms with Gasteiger partial charge in [0.05, 0.1) is 0 Å². The lowest BCUT2D eigenvalue weighted by Gasteiger charge is -2.00. The summed E-state index contributed by atoms with van der Waals surface area (Å²) in [7, 11) is 0. The van der Waals surface area contributed by atoms with Crippen molar-refractivity contribution in [3.63, 3.8) is 0 Å². The summed E-state index contributed by atoms with van der Waals surface area (Å²) in [6.07, 6.45) is 0.274. The van der Waals surface area contributed by atoms with Gasteiger partial charge in [0.15, 0.2) is 0 Å². The van der Waals surface area contributed by atoms with Gasteiger partial charge in [0.1, 0.15) is 0 Å². The Morgan fingerprint density at radius 1 is 1.88 bits per heavy atom. The molecule has 3 N–H and O–H groups in total. The van der Waals surface area contributed by atoms with Gasteiger partial charge in [0, 0.05) is 13.0 Å². The van der Waals surface area contributed by atoms with Crippen molar-refractivity contribution < 1.29 is 9.90 Å². The highest BCUT2D eigenvalue weighted by Crippen LogP contribution is 1.96. The van der Waals surface area contributed by atoms with E-state index in [1.165, 1.54) is 0 Å². The number of carbonyl (C=O) groups excluding carboxylic acids is 1. The Morgan fingerprint density at radius 3 is 2.50 bits per heavy atom. The van der Waals surface area contributed by atoms with Crippen LogP contribution in [0.5, 0.6) is 0 Å². The Kier molecular flexibility index (Phi) is 3.19. The van der Waals surface area contributed by atoms with E-state index in [9.17, 15) is 4.79 Å². The van der Waals surface area contributed by atoms with Crippen molar-refractivity contribution in [3.05, 3.63) is 0 Å². The lowest BCUT2D eigenvalue weighted by molar-refractivity contribution is -0.119. The molecule has 3 heteroatoms. The maximum atomic E-state index is 10.1. The molecule has 0 aromatic rings. The smallest absolute Gasteiger partial charge is 0.217 e. The Bertz CT molecular complexity index is 82.5. The highest BCUT2D eigenvalue weighted by Gasteiger charge is 2.02. The van der Waals surface area contributed by atoms with Crippen molar-refractivity contribution in [2.75, 3.05) is 6.61 Å². The zero-order chi connectivity index (χ0) is 6.57. The molecular weight excluding hydrogens is 106 g/mol. The summed E-state index contributed by atoms with van der Waals surface area (Å²) in [5.74, 6) is -0.348. The molecule has 0 saturated heterocycles. The van der Waals surface area contributed by atoms with Gasteiger partial charge in [-0.25, -0.2) is 0 Å². The van der Waals surface area contributed by atoms with Crippen LogP contribution in [0.15, 0.2) is 0 Å². The first-order chi connectivity index (χ1) is 3.66. The van der Waals surface area contributed by atoms with Crippen LogP contribution in [0.1, 0.15) is 13.3 Å². The summed E-state index contributed by atoms with van der Waals surface area (Å²) in [5.41, 5.74) is 4.82. The molecule has 48 valence electrons. The zero-order valence-corrected chi connectivity index (χ0v) is 4.92. The van der Waals surface area contributed by atoms with Crippen LogP contribution in [0.25, 0.3) is 0 Å². The lowest BCUT2D eigenvalue weighted by atomic mass is 10.1. The molecule has 0 heterocycles.